The normalized spacial score (nSPS) is 20.0. The Kier molecular flexibility index (Phi) is 4.76. The van der Waals surface area contributed by atoms with Crippen molar-refractivity contribution in [3.05, 3.63) is 29.8 Å². The van der Waals surface area contributed by atoms with E-state index >= 15 is 0 Å². The summed E-state index contributed by atoms with van der Waals surface area (Å²) < 4.78 is 9.95. The zero-order chi connectivity index (χ0) is 13.7. The second-order valence-electron chi connectivity index (χ2n) is 4.59. The Bertz CT molecular complexity index is 436. The van der Waals surface area contributed by atoms with Gasteiger partial charge in [0.25, 0.3) is 0 Å². The number of esters is 1. The molecule has 103 valence electrons. The number of nitrogens with zero attached hydrogens (tertiary/aromatic N) is 1. The van der Waals surface area contributed by atoms with E-state index in [-0.39, 0.29) is 12.0 Å². The minimum absolute atomic E-state index is 0.189. The molecular weight excluding hydrogens is 244 g/mol. The van der Waals surface area contributed by atoms with Crippen molar-refractivity contribution in [1.29, 1.82) is 0 Å². The molecule has 1 heterocycles. The highest BCUT2D eigenvalue weighted by atomic mass is 16.5. The van der Waals surface area contributed by atoms with Crippen molar-refractivity contribution < 1.29 is 14.3 Å². The van der Waals surface area contributed by atoms with Gasteiger partial charge in [-0.2, -0.15) is 4.90 Å². The average Bonchev–Trinajstić information content (AvgIpc) is 2.47. The van der Waals surface area contributed by atoms with E-state index in [0.29, 0.717) is 6.54 Å². The monoisotopic (exact) mass is 264 g/mol. The van der Waals surface area contributed by atoms with Gasteiger partial charge in [0.05, 0.1) is 26.8 Å². The van der Waals surface area contributed by atoms with Crippen molar-refractivity contribution in [2.24, 2.45) is 0 Å². The van der Waals surface area contributed by atoms with Crippen LogP contribution in [0.4, 0.5) is 0 Å². The Morgan fingerprint density at radius 2 is 2.32 bits per heavy atom. The number of benzene rings is 1. The predicted octanol–water partition coefficient (Wildman–Crippen LogP) is 0.653. The van der Waals surface area contributed by atoms with Crippen molar-refractivity contribution in [2.45, 2.75) is 6.04 Å². The number of piperazine rings is 1. The van der Waals surface area contributed by atoms with Crippen LogP contribution in [0.3, 0.4) is 0 Å². The highest BCUT2D eigenvalue weighted by Gasteiger charge is 2.30. The molecule has 0 aliphatic carbocycles. The van der Waals surface area contributed by atoms with Crippen LogP contribution in [0.25, 0.3) is 0 Å². The van der Waals surface area contributed by atoms with E-state index in [4.69, 9.17) is 9.47 Å². The molecule has 0 aromatic heterocycles. The van der Waals surface area contributed by atoms with Crippen molar-refractivity contribution in [2.75, 3.05) is 40.4 Å². The Morgan fingerprint density at radius 3 is 3.05 bits per heavy atom. The second kappa shape index (κ2) is 6.54. The fraction of sp³-hybridized carbons (Fsp3) is 0.500. The SMILES string of the molecule is COC(=O)C[N+]1CCNC(c2cccc(OC)c2)C1. The largest absolute Gasteiger partial charge is 0.497 e. The smallest absolute Gasteiger partial charge is 0.366 e. The summed E-state index contributed by atoms with van der Waals surface area (Å²) in [6.07, 6.45) is 0. The van der Waals surface area contributed by atoms with Crippen molar-refractivity contribution in [1.82, 2.24) is 10.2 Å². The maximum Gasteiger partial charge on any atom is 0.366 e. The quantitative estimate of drug-likeness (QED) is 0.641. The molecule has 1 aliphatic heterocycles. The Labute approximate surface area is 113 Å². The summed E-state index contributed by atoms with van der Waals surface area (Å²) in [5, 5.41) is 3.46. The molecule has 1 aromatic rings. The predicted molar refractivity (Wildman–Crippen MR) is 72.5 cm³/mol. The lowest BCUT2D eigenvalue weighted by Crippen LogP contribution is -2.51. The molecule has 1 unspecified atom stereocenters. The minimum atomic E-state index is -0.189. The molecule has 19 heavy (non-hydrogen) atoms. The van der Waals surface area contributed by atoms with E-state index in [2.05, 4.69) is 16.3 Å². The molecule has 0 bridgehead atoms. The number of nitrogens with one attached hydrogen (secondary N) is 1. The average molecular weight is 264 g/mol. The van der Waals surface area contributed by atoms with Crippen LogP contribution < -0.4 is 15.0 Å². The topological polar surface area (TPSA) is 53.5 Å². The molecule has 0 saturated carbocycles. The first-order valence-electron chi connectivity index (χ1n) is 6.39. The molecule has 1 fully saturated rings. The van der Waals surface area contributed by atoms with Gasteiger partial charge in [-0.3, -0.25) is 5.32 Å². The van der Waals surface area contributed by atoms with Crippen molar-refractivity contribution >= 4 is 5.97 Å². The second-order valence-corrected chi connectivity index (χ2v) is 4.59. The van der Waals surface area contributed by atoms with Crippen molar-refractivity contribution in [3.8, 4) is 5.75 Å². The van der Waals surface area contributed by atoms with E-state index in [0.717, 1.165) is 25.4 Å². The summed E-state index contributed by atoms with van der Waals surface area (Å²) in [7, 11) is 3.08. The molecule has 0 spiro atoms. The van der Waals surface area contributed by atoms with Gasteiger partial charge in [-0.1, -0.05) is 12.1 Å². The molecular formula is C14H20N2O3+. The van der Waals surface area contributed by atoms with Crippen LogP contribution in [0, 0.1) is 0 Å². The Hall–Kier alpha value is -1.59. The van der Waals surface area contributed by atoms with Gasteiger partial charge in [0.15, 0.2) is 0 Å². The molecule has 1 aromatic carbocycles. The van der Waals surface area contributed by atoms with Gasteiger partial charge in [0.1, 0.15) is 18.8 Å². The van der Waals surface area contributed by atoms with E-state index in [9.17, 15) is 4.79 Å². The van der Waals surface area contributed by atoms with Crippen LogP contribution in [0.15, 0.2) is 24.3 Å². The number of hydrogen-bond acceptors (Lipinski definition) is 5. The van der Waals surface area contributed by atoms with Gasteiger partial charge in [-0.15, -0.1) is 0 Å². The third-order valence-electron chi connectivity index (χ3n) is 3.34. The van der Waals surface area contributed by atoms with Crippen LogP contribution in [-0.4, -0.2) is 46.4 Å². The standard InChI is InChI=1S/C14H20N2O3/c1-18-12-5-3-4-11(8-12)13-9-16(7-6-15-13)10-14(17)19-2/h3-5,8,13,15H,6-7,9-10H2,1-2H3/q+1. The minimum Gasteiger partial charge on any atom is -0.497 e. The summed E-state index contributed by atoms with van der Waals surface area (Å²) in [4.78, 5) is 13.4. The first-order valence-corrected chi connectivity index (χ1v) is 6.39. The molecule has 1 N–H and O–H groups in total. The van der Waals surface area contributed by atoms with E-state index < -0.39 is 0 Å². The van der Waals surface area contributed by atoms with Crippen LogP contribution in [0.5, 0.6) is 5.75 Å². The highest BCUT2D eigenvalue weighted by Crippen LogP contribution is 2.20. The summed E-state index contributed by atoms with van der Waals surface area (Å²) in [5.74, 6) is 0.663. The van der Waals surface area contributed by atoms with Crippen molar-refractivity contribution in [3.63, 3.8) is 0 Å². The van der Waals surface area contributed by atoms with Gasteiger partial charge in [-0.05, 0) is 17.7 Å². The molecule has 0 amide bonds. The Balaban J connectivity index is 2.01. The Morgan fingerprint density at radius 1 is 1.47 bits per heavy atom. The molecule has 5 heteroatoms. The lowest BCUT2D eigenvalue weighted by atomic mass is 10.0. The summed E-state index contributed by atoms with van der Waals surface area (Å²) in [6, 6.07) is 8.22. The summed E-state index contributed by atoms with van der Waals surface area (Å²) in [5.41, 5.74) is 1.17. The number of carbonyl (C=O) groups is 1. The third-order valence-corrected chi connectivity index (χ3v) is 3.34. The summed E-state index contributed by atoms with van der Waals surface area (Å²) >= 11 is 0. The van der Waals surface area contributed by atoms with Crippen LogP contribution in [0.1, 0.15) is 11.6 Å². The van der Waals surface area contributed by atoms with Crippen LogP contribution in [-0.2, 0) is 9.53 Å². The van der Waals surface area contributed by atoms with E-state index in [1.807, 2.05) is 18.2 Å². The zero-order valence-corrected chi connectivity index (χ0v) is 11.4. The van der Waals surface area contributed by atoms with Gasteiger partial charge < -0.3 is 9.47 Å². The fourth-order valence-corrected chi connectivity index (χ4v) is 2.28. The molecule has 1 radical (unpaired) electrons. The molecule has 1 aliphatic rings. The number of hydrogen-bond donors (Lipinski definition) is 1. The fourth-order valence-electron chi connectivity index (χ4n) is 2.28. The molecule has 1 atom stereocenters. The van der Waals surface area contributed by atoms with Gasteiger partial charge >= 0.3 is 5.97 Å². The van der Waals surface area contributed by atoms with E-state index in [1.54, 1.807) is 7.11 Å². The van der Waals surface area contributed by atoms with Gasteiger partial charge in [-0.25, -0.2) is 4.79 Å². The van der Waals surface area contributed by atoms with Gasteiger partial charge in [0.2, 0.25) is 6.54 Å². The highest BCUT2D eigenvalue weighted by molar-refractivity contribution is 5.71. The number of carbonyl (C=O) groups excluding carboxylic acids is 1. The van der Waals surface area contributed by atoms with E-state index in [1.165, 1.54) is 12.7 Å². The molecule has 5 nitrogen and oxygen atoms in total. The first-order chi connectivity index (χ1) is 9.22. The van der Waals surface area contributed by atoms with Crippen LogP contribution in [0.2, 0.25) is 0 Å². The summed E-state index contributed by atoms with van der Waals surface area (Å²) in [6.45, 7) is 2.86. The number of rotatable bonds is 4. The zero-order valence-electron chi connectivity index (χ0n) is 11.4. The van der Waals surface area contributed by atoms with Gasteiger partial charge in [0, 0.05) is 0 Å². The number of methoxy groups -OCH3 is 2. The lowest BCUT2D eigenvalue weighted by molar-refractivity contribution is -0.140. The van der Waals surface area contributed by atoms with Crippen LogP contribution >= 0.6 is 0 Å². The molecule has 1 saturated heterocycles. The molecule has 2 rings (SSSR count). The first kappa shape index (κ1) is 13.8. The maximum atomic E-state index is 11.3. The maximum absolute atomic E-state index is 11.3. The lowest BCUT2D eigenvalue weighted by Gasteiger charge is -2.26. The third kappa shape index (κ3) is 3.68. The number of ether oxygens (including phenoxy) is 2.